The number of esters is 1. The van der Waals surface area contributed by atoms with Gasteiger partial charge in [-0.05, 0) is 24.6 Å². The molecule has 0 aliphatic carbocycles. The lowest BCUT2D eigenvalue weighted by atomic mass is 9.86. The summed E-state index contributed by atoms with van der Waals surface area (Å²) in [6, 6.07) is 4.37. The first kappa shape index (κ1) is 15.5. The molecule has 106 valence electrons. The topological polar surface area (TPSA) is 26.3 Å². The van der Waals surface area contributed by atoms with E-state index in [1.165, 1.54) is 19.1 Å². The number of benzene rings is 1. The van der Waals surface area contributed by atoms with Crippen LogP contribution >= 0.6 is 0 Å². The lowest BCUT2D eigenvalue weighted by Crippen LogP contribution is -2.32. The van der Waals surface area contributed by atoms with Gasteiger partial charge in [-0.25, -0.2) is 4.39 Å². The molecule has 1 aromatic rings. The Morgan fingerprint density at radius 3 is 2.21 bits per heavy atom. The summed E-state index contributed by atoms with van der Waals surface area (Å²) >= 11 is 0. The van der Waals surface area contributed by atoms with Crippen LogP contribution in [0.3, 0.4) is 0 Å². The van der Waals surface area contributed by atoms with E-state index >= 15 is 0 Å². The number of halogens is 4. The maximum absolute atomic E-state index is 12.8. The highest BCUT2D eigenvalue weighted by atomic mass is 19.4. The van der Waals surface area contributed by atoms with Crippen molar-refractivity contribution in [1.82, 2.24) is 0 Å². The Balaban J connectivity index is 3.12. The molecule has 0 aromatic heterocycles. The third-order valence-electron chi connectivity index (χ3n) is 2.79. The van der Waals surface area contributed by atoms with Crippen molar-refractivity contribution in [3.8, 4) is 0 Å². The van der Waals surface area contributed by atoms with Gasteiger partial charge in [0, 0.05) is 0 Å². The quantitative estimate of drug-likeness (QED) is 0.620. The van der Waals surface area contributed by atoms with E-state index in [4.69, 9.17) is 0 Å². The SMILES string of the molecule is CCOC(=O)[C@@H](c1ccc(F)cc1)[C@@H](C)C(F)(F)F. The molecule has 2 atom stereocenters. The molecule has 1 aromatic carbocycles. The third-order valence-corrected chi connectivity index (χ3v) is 2.79. The zero-order valence-corrected chi connectivity index (χ0v) is 10.5. The molecule has 0 N–H and O–H groups in total. The Hall–Kier alpha value is -1.59. The van der Waals surface area contributed by atoms with E-state index in [0.717, 1.165) is 19.1 Å². The summed E-state index contributed by atoms with van der Waals surface area (Å²) in [5, 5.41) is 0. The maximum Gasteiger partial charge on any atom is 0.392 e. The van der Waals surface area contributed by atoms with Crippen LogP contribution in [0, 0.1) is 11.7 Å². The Bertz CT molecular complexity index is 425. The number of ether oxygens (including phenoxy) is 1. The van der Waals surface area contributed by atoms with E-state index < -0.39 is 29.8 Å². The Morgan fingerprint density at radius 2 is 1.79 bits per heavy atom. The molecule has 0 heterocycles. The molecule has 0 bridgehead atoms. The number of hydrogen-bond donors (Lipinski definition) is 0. The fraction of sp³-hybridized carbons (Fsp3) is 0.462. The number of carbonyl (C=O) groups is 1. The predicted molar refractivity (Wildman–Crippen MR) is 61.0 cm³/mol. The van der Waals surface area contributed by atoms with Crippen molar-refractivity contribution < 1.29 is 27.1 Å². The Kier molecular flexibility index (Phi) is 4.91. The fourth-order valence-electron chi connectivity index (χ4n) is 1.72. The molecule has 2 nitrogen and oxygen atoms in total. The first-order valence-electron chi connectivity index (χ1n) is 5.76. The van der Waals surface area contributed by atoms with Crippen LogP contribution < -0.4 is 0 Å². The predicted octanol–water partition coefficient (Wildman–Crippen LogP) is 3.67. The van der Waals surface area contributed by atoms with Gasteiger partial charge in [0.15, 0.2) is 0 Å². The average Bonchev–Trinajstić information content (AvgIpc) is 2.31. The minimum atomic E-state index is -4.54. The molecule has 1 rings (SSSR count). The van der Waals surface area contributed by atoms with Gasteiger partial charge in [-0.1, -0.05) is 19.1 Å². The highest BCUT2D eigenvalue weighted by Crippen LogP contribution is 2.38. The van der Waals surface area contributed by atoms with Crippen molar-refractivity contribution in [3.05, 3.63) is 35.6 Å². The lowest BCUT2D eigenvalue weighted by Gasteiger charge is -2.24. The lowest BCUT2D eigenvalue weighted by molar-refractivity contribution is -0.185. The van der Waals surface area contributed by atoms with E-state index in [2.05, 4.69) is 4.74 Å². The highest BCUT2D eigenvalue weighted by Gasteiger charge is 2.45. The van der Waals surface area contributed by atoms with Gasteiger partial charge in [0.05, 0.1) is 18.4 Å². The van der Waals surface area contributed by atoms with Crippen molar-refractivity contribution in [2.24, 2.45) is 5.92 Å². The normalized spacial score (nSPS) is 14.8. The van der Waals surface area contributed by atoms with Crippen LogP contribution in [0.15, 0.2) is 24.3 Å². The smallest absolute Gasteiger partial charge is 0.392 e. The Labute approximate surface area is 108 Å². The zero-order valence-electron chi connectivity index (χ0n) is 10.5. The van der Waals surface area contributed by atoms with Crippen LogP contribution in [-0.4, -0.2) is 18.8 Å². The van der Waals surface area contributed by atoms with E-state index in [0.29, 0.717) is 0 Å². The maximum atomic E-state index is 12.8. The average molecular weight is 278 g/mol. The molecule has 0 aliphatic rings. The molecule has 19 heavy (non-hydrogen) atoms. The van der Waals surface area contributed by atoms with Crippen LogP contribution in [0.5, 0.6) is 0 Å². The van der Waals surface area contributed by atoms with Crippen LogP contribution in [0.25, 0.3) is 0 Å². The van der Waals surface area contributed by atoms with Crippen molar-refractivity contribution in [2.45, 2.75) is 25.9 Å². The van der Waals surface area contributed by atoms with E-state index in [9.17, 15) is 22.4 Å². The van der Waals surface area contributed by atoms with Crippen LogP contribution in [0.1, 0.15) is 25.3 Å². The van der Waals surface area contributed by atoms with Crippen molar-refractivity contribution in [1.29, 1.82) is 0 Å². The molecular weight excluding hydrogens is 264 g/mol. The fourth-order valence-corrected chi connectivity index (χ4v) is 1.72. The third kappa shape index (κ3) is 3.94. The number of rotatable bonds is 4. The van der Waals surface area contributed by atoms with Crippen molar-refractivity contribution in [3.63, 3.8) is 0 Å². The monoisotopic (exact) mass is 278 g/mol. The standard InChI is InChI=1S/C13H14F4O2/c1-3-19-12(18)11(8(2)13(15,16)17)9-4-6-10(14)7-5-9/h4-8,11H,3H2,1-2H3/t8-,11-/m1/s1. The molecule has 0 unspecified atom stereocenters. The summed E-state index contributed by atoms with van der Waals surface area (Å²) in [6.07, 6.45) is -4.54. The summed E-state index contributed by atoms with van der Waals surface area (Å²) in [5.41, 5.74) is 0.0877. The second-order valence-electron chi connectivity index (χ2n) is 4.11. The molecule has 0 saturated heterocycles. The molecule has 0 fully saturated rings. The minimum Gasteiger partial charge on any atom is -0.466 e. The summed E-state index contributed by atoms with van der Waals surface area (Å²) < 4.78 is 55.8. The zero-order chi connectivity index (χ0) is 14.6. The van der Waals surface area contributed by atoms with Gasteiger partial charge in [0.2, 0.25) is 0 Å². The van der Waals surface area contributed by atoms with Gasteiger partial charge in [0.1, 0.15) is 5.82 Å². The van der Waals surface area contributed by atoms with Crippen LogP contribution in [0.2, 0.25) is 0 Å². The van der Waals surface area contributed by atoms with Gasteiger partial charge in [-0.15, -0.1) is 0 Å². The van der Waals surface area contributed by atoms with Crippen LogP contribution in [-0.2, 0) is 9.53 Å². The molecule has 0 aliphatic heterocycles. The summed E-state index contributed by atoms with van der Waals surface area (Å²) in [6.45, 7) is 2.41. The molecule has 0 amide bonds. The second kappa shape index (κ2) is 6.04. The second-order valence-corrected chi connectivity index (χ2v) is 4.11. The van der Waals surface area contributed by atoms with Gasteiger partial charge >= 0.3 is 12.1 Å². The molecular formula is C13H14F4O2. The number of carbonyl (C=O) groups excluding carboxylic acids is 1. The molecule has 0 spiro atoms. The van der Waals surface area contributed by atoms with E-state index in [1.54, 1.807) is 0 Å². The summed E-state index contributed by atoms with van der Waals surface area (Å²) in [4.78, 5) is 11.7. The van der Waals surface area contributed by atoms with Gasteiger partial charge in [-0.2, -0.15) is 13.2 Å². The number of hydrogen-bond acceptors (Lipinski definition) is 2. The van der Waals surface area contributed by atoms with Crippen LogP contribution in [0.4, 0.5) is 17.6 Å². The van der Waals surface area contributed by atoms with E-state index in [1.807, 2.05) is 0 Å². The molecule has 0 radical (unpaired) electrons. The molecule has 6 heteroatoms. The van der Waals surface area contributed by atoms with Crippen molar-refractivity contribution in [2.75, 3.05) is 6.61 Å². The summed E-state index contributed by atoms with van der Waals surface area (Å²) in [5.74, 6) is -4.93. The van der Waals surface area contributed by atoms with Gasteiger partial charge in [0.25, 0.3) is 0 Å². The number of alkyl halides is 3. The molecule has 0 saturated carbocycles. The van der Waals surface area contributed by atoms with Crippen molar-refractivity contribution >= 4 is 5.97 Å². The first-order valence-corrected chi connectivity index (χ1v) is 5.76. The van der Waals surface area contributed by atoms with Gasteiger partial charge < -0.3 is 4.74 Å². The summed E-state index contributed by atoms with van der Waals surface area (Å²) in [7, 11) is 0. The van der Waals surface area contributed by atoms with Gasteiger partial charge in [-0.3, -0.25) is 4.79 Å². The first-order chi connectivity index (χ1) is 8.77. The Morgan fingerprint density at radius 1 is 1.26 bits per heavy atom. The minimum absolute atomic E-state index is 0.0128. The van der Waals surface area contributed by atoms with E-state index in [-0.39, 0.29) is 12.2 Å². The highest BCUT2D eigenvalue weighted by molar-refractivity contribution is 5.78. The largest absolute Gasteiger partial charge is 0.466 e.